The minimum Gasteiger partial charge on any atom is -0.451 e. The predicted octanol–water partition coefficient (Wildman–Crippen LogP) is 3.44. The number of amides is 1. The van der Waals surface area contributed by atoms with Crippen molar-refractivity contribution in [3.05, 3.63) is 36.1 Å². The Morgan fingerprint density at radius 1 is 1.33 bits per heavy atom. The molecular formula is C17H19F3N2O2. The van der Waals surface area contributed by atoms with Gasteiger partial charge in [-0.2, -0.15) is 13.2 Å². The van der Waals surface area contributed by atoms with Crippen molar-refractivity contribution in [1.82, 2.24) is 10.2 Å². The zero-order chi connectivity index (χ0) is 17.2. The summed E-state index contributed by atoms with van der Waals surface area (Å²) in [5.41, 5.74) is 0.654. The molecule has 1 aliphatic rings. The Bertz CT molecular complexity index is 678. The SMILES string of the molecule is O=C(NCC1CCN(CCC(F)(F)F)C1)c1cc2ccccc2o1. The largest absolute Gasteiger partial charge is 0.451 e. The molecule has 1 aromatic carbocycles. The van der Waals surface area contributed by atoms with Gasteiger partial charge < -0.3 is 14.6 Å². The molecule has 3 rings (SSSR count). The number of nitrogens with one attached hydrogen (secondary N) is 1. The molecule has 0 radical (unpaired) electrons. The van der Waals surface area contributed by atoms with Gasteiger partial charge in [0.25, 0.3) is 5.91 Å². The molecule has 2 heterocycles. The van der Waals surface area contributed by atoms with Gasteiger partial charge in [-0.3, -0.25) is 4.79 Å². The van der Waals surface area contributed by atoms with E-state index >= 15 is 0 Å². The first kappa shape index (κ1) is 16.8. The third-order valence-electron chi connectivity index (χ3n) is 4.28. The van der Waals surface area contributed by atoms with E-state index in [-0.39, 0.29) is 24.1 Å². The molecule has 0 spiro atoms. The van der Waals surface area contributed by atoms with Crippen molar-refractivity contribution in [2.45, 2.75) is 19.0 Å². The first-order chi connectivity index (χ1) is 11.4. The molecule has 24 heavy (non-hydrogen) atoms. The minimum absolute atomic E-state index is 0.0253. The van der Waals surface area contributed by atoms with E-state index in [0.29, 0.717) is 25.2 Å². The second kappa shape index (κ2) is 6.84. The lowest BCUT2D eigenvalue weighted by atomic mass is 10.1. The summed E-state index contributed by atoms with van der Waals surface area (Å²) < 4.78 is 42.2. The number of rotatable bonds is 5. The molecular weight excluding hydrogens is 321 g/mol. The van der Waals surface area contributed by atoms with E-state index in [9.17, 15) is 18.0 Å². The highest BCUT2D eigenvalue weighted by Crippen LogP contribution is 2.23. The summed E-state index contributed by atoms with van der Waals surface area (Å²) in [6, 6.07) is 9.05. The van der Waals surface area contributed by atoms with Crippen molar-refractivity contribution in [2.24, 2.45) is 5.92 Å². The number of carbonyl (C=O) groups is 1. The second-order valence-corrected chi connectivity index (χ2v) is 6.18. The number of hydrogen-bond acceptors (Lipinski definition) is 3. The molecule has 4 nitrogen and oxygen atoms in total. The quantitative estimate of drug-likeness (QED) is 0.907. The maximum Gasteiger partial charge on any atom is 0.390 e. The van der Waals surface area contributed by atoms with Crippen LogP contribution in [0, 0.1) is 5.92 Å². The van der Waals surface area contributed by atoms with Crippen LogP contribution in [0.15, 0.2) is 34.7 Å². The highest BCUT2D eigenvalue weighted by molar-refractivity contribution is 5.96. The van der Waals surface area contributed by atoms with Gasteiger partial charge in [0, 0.05) is 25.0 Å². The van der Waals surface area contributed by atoms with E-state index in [2.05, 4.69) is 5.32 Å². The number of likely N-dealkylation sites (tertiary alicyclic amines) is 1. The van der Waals surface area contributed by atoms with Gasteiger partial charge in [0.15, 0.2) is 5.76 Å². The average molecular weight is 340 g/mol. The number of carbonyl (C=O) groups excluding carboxylic acids is 1. The second-order valence-electron chi connectivity index (χ2n) is 6.18. The molecule has 1 saturated heterocycles. The topological polar surface area (TPSA) is 45.5 Å². The van der Waals surface area contributed by atoms with Crippen molar-refractivity contribution < 1.29 is 22.4 Å². The Balaban J connectivity index is 1.47. The van der Waals surface area contributed by atoms with Crippen LogP contribution in [-0.4, -0.2) is 43.2 Å². The van der Waals surface area contributed by atoms with Crippen LogP contribution in [0.1, 0.15) is 23.4 Å². The van der Waals surface area contributed by atoms with E-state index in [1.165, 1.54) is 0 Å². The molecule has 1 fully saturated rings. The van der Waals surface area contributed by atoms with Gasteiger partial charge in [-0.1, -0.05) is 18.2 Å². The monoisotopic (exact) mass is 340 g/mol. The van der Waals surface area contributed by atoms with Gasteiger partial charge in [0.2, 0.25) is 0 Å². The lowest BCUT2D eigenvalue weighted by molar-refractivity contribution is -0.137. The third-order valence-corrected chi connectivity index (χ3v) is 4.28. The summed E-state index contributed by atoms with van der Waals surface area (Å²) in [6.07, 6.45) is -4.11. The van der Waals surface area contributed by atoms with E-state index in [0.717, 1.165) is 11.8 Å². The third kappa shape index (κ3) is 4.29. The fourth-order valence-corrected chi connectivity index (χ4v) is 2.99. The van der Waals surface area contributed by atoms with E-state index < -0.39 is 12.6 Å². The summed E-state index contributed by atoms with van der Waals surface area (Å²) in [5, 5.41) is 3.68. The molecule has 0 bridgehead atoms. The maximum absolute atomic E-state index is 12.2. The molecule has 1 amide bonds. The molecule has 1 aromatic heterocycles. The zero-order valence-electron chi connectivity index (χ0n) is 13.1. The fourth-order valence-electron chi connectivity index (χ4n) is 2.99. The van der Waals surface area contributed by atoms with Gasteiger partial charge >= 0.3 is 6.18 Å². The number of para-hydroxylation sites is 1. The standard InChI is InChI=1S/C17H19F3N2O2/c18-17(19,20)6-8-22-7-5-12(11-22)10-21-16(23)15-9-13-3-1-2-4-14(13)24-15/h1-4,9,12H,5-8,10-11H2,(H,21,23). The summed E-state index contributed by atoms with van der Waals surface area (Å²) in [5.74, 6) is 0.134. The lowest BCUT2D eigenvalue weighted by Gasteiger charge is -2.17. The number of furan rings is 1. The Labute approximate surface area is 137 Å². The molecule has 1 unspecified atom stereocenters. The molecule has 7 heteroatoms. The summed E-state index contributed by atoms with van der Waals surface area (Å²) in [6.45, 7) is 1.69. The Morgan fingerprint density at radius 3 is 2.88 bits per heavy atom. The fraction of sp³-hybridized carbons (Fsp3) is 0.471. The van der Waals surface area contributed by atoms with Crippen LogP contribution >= 0.6 is 0 Å². The minimum atomic E-state index is -4.12. The van der Waals surface area contributed by atoms with Crippen molar-refractivity contribution in [1.29, 1.82) is 0 Å². The highest BCUT2D eigenvalue weighted by Gasteiger charge is 2.30. The van der Waals surface area contributed by atoms with E-state index in [4.69, 9.17) is 4.42 Å². The van der Waals surface area contributed by atoms with Crippen LogP contribution in [0.5, 0.6) is 0 Å². The summed E-state index contributed by atoms with van der Waals surface area (Å²) in [4.78, 5) is 13.9. The zero-order valence-corrected chi connectivity index (χ0v) is 13.1. The average Bonchev–Trinajstić information content (AvgIpc) is 3.16. The Hall–Kier alpha value is -2.02. The van der Waals surface area contributed by atoms with Gasteiger partial charge in [-0.15, -0.1) is 0 Å². The highest BCUT2D eigenvalue weighted by atomic mass is 19.4. The number of alkyl halides is 3. The number of benzene rings is 1. The van der Waals surface area contributed by atoms with Gasteiger partial charge in [-0.25, -0.2) is 0 Å². The van der Waals surface area contributed by atoms with Crippen molar-refractivity contribution in [3.63, 3.8) is 0 Å². The molecule has 130 valence electrons. The van der Waals surface area contributed by atoms with Crippen LogP contribution < -0.4 is 5.32 Å². The molecule has 1 N–H and O–H groups in total. The number of nitrogens with zero attached hydrogens (tertiary/aromatic N) is 1. The molecule has 1 atom stereocenters. The van der Waals surface area contributed by atoms with Crippen molar-refractivity contribution >= 4 is 16.9 Å². The smallest absolute Gasteiger partial charge is 0.390 e. The van der Waals surface area contributed by atoms with Crippen LogP contribution in [0.2, 0.25) is 0 Å². The van der Waals surface area contributed by atoms with Gasteiger partial charge in [0.1, 0.15) is 5.58 Å². The molecule has 2 aromatic rings. The first-order valence-corrected chi connectivity index (χ1v) is 7.96. The van der Waals surface area contributed by atoms with Crippen LogP contribution in [-0.2, 0) is 0 Å². The Morgan fingerprint density at radius 2 is 2.12 bits per heavy atom. The van der Waals surface area contributed by atoms with Crippen molar-refractivity contribution in [3.8, 4) is 0 Å². The van der Waals surface area contributed by atoms with Gasteiger partial charge in [-0.05, 0) is 31.0 Å². The number of fused-ring (bicyclic) bond motifs is 1. The van der Waals surface area contributed by atoms with E-state index in [1.54, 1.807) is 17.0 Å². The maximum atomic E-state index is 12.2. The number of hydrogen-bond donors (Lipinski definition) is 1. The predicted molar refractivity (Wildman–Crippen MR) is 83.8 cm³/mol. The lowest BCUT2D eigenvalue weighted by Crippen LogP contribution is -2.31. The van der Waals surface area contributed by atoms with Crippen LogP contribution in [0.3, 0.4) is 0 Å². The molecule has 0 saturated carbocycles. The van der Waals surface area contributed by atoms with Crippen LogP contribution in [0.25, 0.3) is 11.0 Å². The first-order valence-electron chi connectivity index (χ1n) is 7.96. The van der Waals surface area contributed by atoms with E-state index in [1.807, 2.05) is 18.2 Å². The van der Waals surface area contributed by atoms with Crippen LogP contribution in [0.4, 0.5) is 13.2 Å². The van der Waals surface area contributed by atoms with Crippen molar-refractivity contribution in [2.75, 3.05) is 26.2 Å². The van der Waals surface area contributed by atoms with Gasteiger partial charge in [0.05, 0.1) is 6.42 Å². The summed E-state index contributed by atoms with van der Waals surface area (Å²) in [7, 11) is 0. The molecule has 1 aliphatic heterocycles. The summed E-state index contributed by atoms with van der Waals surface area (Å²) >= 11 is 0. The number of halogens is 3. The Kier molecular flexibility index (Phi) is 4.80. The molecule has 0 aliphatic carbocycles. The normalized spacial score (nSPS) is 19.0.